The van der Waals surface area contributed by atoms with Crippen molar-refractivity contribution in [3.05, 3.63) is 71.9 Å². The van der Waals surface area contributed by atoms with Gasteiger partial charge in [-0.1, -0.05) is 74.1 Å². The first-order valence-corrected chi connectivity index (χ1v) is 11.1. The van der Waals surface area contributed by atoms with Gasteiger partial charge >= 0.3 is 0 Å². The van der Waals surface area contributed by atoms with Gasteiger partial charge in [0.25, 0.3) is 0 Å². The Labute approximate surface area is 181 Å². The van der Waals surface area contributed by atoms with Crippen molar-refractivity contribution in [2.24, 2.45) is 0 Å². The smallest absolute Gasteiger partial charge is 0.191 e. The molecule has 4 rings (SSSR count). The molecule has 2 aromatic carbocycles. The molecule has 0 aliphatic carbocycles. The second-order valence-electron chi connectivity index (χ2n) is 7.90. The molecule has 0 spiro atoms. The van der Waals surface area contributed by atoms with Crippen LogP contribution in [0.4, 0.5) is 5.69 Å². The first-order chi connectivity index (χ1) is 14.4. The number of nitrogens with zero attached hydrogens (tertiary/aromatic N) is 4. The summed E-state index contributed by atoms with van der Waals surface area (Å²) in [6, 6.07) is 18.3. The zero-order valence-electron chi connectivity index (χ0n) is 17.8. The summed E-state index contributed by atoms with van der Waals surface area (Å²) >= 11 is 1.44. The van der Waals surface area contributed by atoms with Gasteiger partial charge in [-0.05, 0) is 18.6 Å². The predicted octanol–water partition coefficient (Wildman–Crippen LogP) is 4.94. The molecular formula is C24H26N4OS. The topological polar surface area (TPSA) is 51.0 Å². The number of fused-ring (bicyclic) bond motifs is 1. The molecule has 2 heterocycles. The van der Waals surface area contributed by atoms with E-state index in [9.17, 15) is 4.79 Å². The highest BCUT2D eigenvalue weighted by atomic mass is 32.2. The molecule has 0 saturated carbocycles. The first-order valence-electron chi connectivity index (χ1n) is 10.1. The van der Waals surface area contributed by atoms with E-state index in [4.69, 9.17) is 0 Å². The van der Waals surface area contributed by atoms with Gasteiger partial charge in [0.2, 0.25) is 0 Å². The normalized spacial score (nSPS) is 16.1. The number of allylic oxidation sites excluding steroid dienone is 2. The van der Waals surface area contributed by atoms with Gasteiger partial charge in [0.1, 0.15) is 0 Å². The fourth-order valence-corrected chi connectivity index (χ4v) is 4.89. The molecule has 154 valence electrons. The van der Waals surface area contributed by atoms with Crippen LogP contribution < -0.4 is 4.90 Å². The zero-order chi connectivity index (χ0) is 21.3. The number of ketones is 1. The maximum absolute atomic E-state index is 12.9. The molecule has 0 amide bonds. The zero-order valence-corrected chi connectivity index (χ0v) is 18.6. The van der Waals surface area contributed by atoms with Gasteiger partial charge in [-0.25, -0.2) is 0 Å². The molecule has 1 aromatic heterocycles. The number of benzene rings is 2. The Kier molecular flexibility index (Phi) is 5.52. The van der Waals surface area contributed by atoms with Crippen LogP contribution in [-0.2, 0) is 16.8 Å². The highest BCUT2D eigenvalue weighted by molar-refractivity contribution is 7.99. The van der Waals surface area contributed by atoms with Crippen LogP contribution in [0.1, 0.15) is 26.3 Å². The number of aromatic nitrogens is 3. The summed E-state index contributed by atoms with van der Waals surface area (Å²) in [4.78, 5) is 15.0. The van der Waals surface area contributed by atoms with Gasteiger partial charge in [0.15, 0.2) is 16.8 Å². The third-order valence-corrected chi connectivity index (χ3v) is 6.64. The number of hydrogen-bond donors (Lipinski definition) is 0. The van der Waals surface area contributed by atoms with E-state index in [1.165, 1.54) is 17.3 Å². The van der Waals surface area contributed by atoms with Crippen molar-refractivity contribution in [2.45, 2.75) is 37.9 Å². The van der Waals surface area contributed by atoms with Crippen LogP contribution in [0.3, 0.4) is 0 Å². The molecule has 0 saturated heterocycles. The number of likely N-dealkylation sites (N-methyl/N-ethyl adjacent to an activating group) is 1. The van der Waals surface area contributed by atoms with Gasteiger partial charge in [-0.3, -0.25) is 4.79 Å². The Morgan fingerprint density at radius 3 is 2.47 bits per heavy atom. The molecule has 0 bridgehead atoms. The second kappa shape index (κ2) is 8.11. The highest BCUT2D eigenvalue weighted by Crippen LogP contribution is 2.46. The lowest BCUT2D eigenvalue weighted by atomic mass is 9.83. The average Bonchev–Trinajstić information content (AvgIpc) is 3.26. The molecule has 0 fully saturated rings. The van der Waals surface area contributed by atoms with Gasteiger partial charge < -0.3 is 9.47 Å². The van der Waals surface area contributed by atoms with Crippen LogP contribution in [-0.4, -0.2) is 33.3 Å². The number of carbonyl (C=O) groups is 1. The quantitative estimate of drug-likeness (QED) is 0.419. The summed E-state index contributed by atoms with van der Waals surface area (Å²) < 4.78 is 2.06. The van der Waals surface area contributed by atoms with Crippen LogP contribution in [0.5, 0.6) is 0 Å². The molecule has 6 heteroatoms. The third kappa shape index (κ3) is 3.56. The Morgan fingerprint density at radius 2 is 1.77 bits per heavy atom. The van der Waals surface area contributed by atoms with Crippen molar-refractivity contribution in [3.8, 4) is 11.4 Å². The maximum Gasteiger partial charge on any atom is 0.191 e. The molecule has 0 atom stereocenters. The Hall–Kier alpha value is -2.86. The van der Waals surface area contributed by atoms with Gasteiger partial charge in [0, 0.05) is 42.0 Å². The van der Waals surface area contributed by atoms with E-state index in [1.54, 1.807) is 6.08 Å². The number of rotatable bonds is 6. The van der Waals surface area contributed by atoms with Crippen molar-refractivity contribution in [3.63, 3.8) is 0 Å². The third-order valence-electron chi connectivity index (χ3n) is 5.65. The van der Waals surface area contributed by atoms with E-state index in [0.29, 0.717) is 5.75 Å². The summed E-state index contributed by atoms with van der Waals surface area (Å²) in [5, 5.41) is 9.46. The van der Waals surface area contributed by atoms with Gasteiger partial charge in [-0.2, -0.15) is 0 Å². The van der Waals surface area contributed by atoms with Crippen molar-refractivity contribution >= 4 is 23.2 Å². The lowest BCUT2D eigenvalue weighted by molar-refractivity contribution is -0.112. The first kappa shape index (κ1) is 20.4. The number of para-hydroxylation sites is 1. The summed E-state index contributed by atoms with van der Waals surface area (Å²) in [5.74, 6) is 1.24. The van der Waals surface area contributed by atoms with Crippen LogP contribution >= 0.6 is 11.8 Å². The molecule has 0 N–H and O–H groups in total. The standard InChI is InChI=1S/C24H26N4OS/c1-5-28-22(17-11-7-6-8-12-17)25-26-23(28)30-16-18(29)15-21-24(2,3)19-13-9-10-14-20(19)27(21)4/h6-15H,5,16H2,1-4H3/b21-15-. The molecule has 0 radical (unpaired) electrons. The van der Waals surface area contributed by atoms with Crippen molar-refractivity contribution in [1.29, 1.82) is 0 Å². The van der Waals surface area contributed by atoms with Crippen LogP contribution in [0, 0.1) is 0 Å². The van der Waals surface area contributed by atoms with E-state index in [2.05, 4.69) is 58.6 Å². The average molecular weight is 419 g/mol. The lowest BCUT2D eigenvalue weighted by Crippen LogP contribution is -2.24. The molecule has 1 aliphatic rings. The molecule has 3 aromatic rings. The van der Waals surface area contributed by atoms with Gasteiger partial charge in [-0.15, -0.1) is 10.2 Å². The number of hydrogen-bond acceptors (Lipinski definition) is 5. The minimum absolute atomic E-state index is 0.0784. The Bertz CT molecular complexity index is 1100. The Morgan fingerprint density at radius 1 is 1.07 bits per heavy atom. The van der Waals surface area contributed by atoms with E-state index in [-0.39, 0.29) is 11.2 Å². The molecule has 1 aliphatic heterocycles. The molecule has 5 nitrogen and oxygen atoms in total. The van der Waals surface area contributed by atoms with Crippen LogP contribution in [0.15, 0.2) is 71.5 Å². The summed E-state index contributed by atoms with van der Waals surface area (Å²) in [6.07, 6.45) is 1.79. The summed E-state index contributed by atoms with van der Waals surface area (Å²) in [6.45, 7) is 7.15. The van der Waals surface area contributed by atoms with Crippen molar-refractivity contribution in [1.82, 2.24) is 14.8 Å². The fraction of sp³-hybridized carbons (Fsp3) is 0.292. The summed E-state index contributed by atoms with van der Waals surface area (Å²) in [7, 11) is 2.03. The lowest BCUT2D eigenvalue weighted by Gasteiger charge is -2.23. The number of anilines is 1. The monoisotopic (exact) mass is 418 g/mol. The number of thioether (sulfide) groups is 1. The van der Waals surface area contributed by atoms with Crippen LogP contribution in [0.2, 0.25) is 0 Å². The minimum Gasteiger partial charge on any atom is -0.347 e. The highest BCUT2D eigenvalue weighted by Gasteiger charge is 2.38. The largest absolute Gasteiger partial charge is 0.347 e. The van der Waals surface area contributed by atoms with E-state index in [1.807, 2.05) is 43.4 Å². The Balaban J connectivity index is 1.52. The number of carbonyl (C=O) groups excluding carboxylic acids is 1. The van der Waals surface area contributed by atoms with Crippen LogP contribution in [0.25, 0.3) is 11.4 Å². The molecule has 0 unspecified atom stereocenters. The van der Waals surface area contributed by atoms with E-state index < -0.39 is 0 Å². The molecule has 30 heavy (non-hydrogen) atoms. The maximum atomic E-state index is 12.9. The fourth-order valence-electron chi connectivity index (χ4n) is 4.07. The van der Waals surface area contributed by atoms with Gasteiger partial charge in [0.05, 0.1) is 5.75 Å². The summed E-state index contributed by atoms with van der Waals surface area (Å²) in [5.41, 5.74) is 4.26. The second-order valence-corrected chi connectivity index (χ2v) is 8.84. The minimum atomic E-state index is -0.199. The van der Waals surface area contributed by atoms with E-state index in [0.717, 1.165) is 34.5 Å². The van der Waals surface area contributed by atoms with Crippen molar-refractivity contribution in [2.75, 3.05) is 17.7 Å². The SMILES string of the molecule is CCn1c(SCC(=O)/C=C2\N(C)c3ccccc3C2(C)C)nnc1-c1ccccc1. The predicted molar refractivity (Wildman–Crippen MR) is 123 cm³/mol. The molecular weight excluding hydrogens is 392 g/mol. The van der Waals surface area contributed by atoms with E-state index >= 15 is 0 Å². The van der Waals surface area contributed by atoms with Crippen molar-refractivity contribution < 1.29 is 4.79 Å².